The molecule has 0 saturated heterocycles. The Morgan fingerprint density at radius 1 is 0.695 bits per heavy atom. The van der Waals surface area contributed by atoms with E-state index < -0.39 is 84.4 Å². The van der Waals surface area contributed by atoms with Gasteiger partial charge in [-0.25, -0.2) is 13.4 Å². The van der Waals surface area contributed by atoms with Gasteiger partial charge in [0.1, 0.15) is 37.2 Å². The minimum atomic E-state index is -5.34. The van der Waals surface area contributed by atoms with Gasteiger partial charge in [-0.3, -0.25) is 9.11 Å². The van der Waals surface area contributed by atoms with Crippen molar-refractivity contribution in [2.24, 2.45) is 20.5 Å². The van der Waals surface area contributed by atoms with Crippen LogP contribution in [-0.4, -0.2) is 56.0 Å². The minimum absolute atomic E-state index is 0. The molecule has 0 amide bonds. The number of aromatic nitrogens is 2. The molecule has 0 fully saturated rings. The summed E-state index contributed by atoms with van der Waals surface area (Å²) >= 11 is 0. The number of azo groups is 2. The van der Waals surface area contributed by atoms with E-state index in [2.05, 4.69) is 30.4 Å². The first-order valence-corrected chi connectivity index (χ1v) is 19.9. The van der Waals surface area contributed by atoms with E-state index in [9.17, 15) is 49.1 Å². The molecule has 0 saturated carbocycles. The molecule has 0 atom stereocenters. The fourth-order valence-electron chi connectivity index (χ4n) is 5.90. The number of nitrogens with two attached hydrogens (primary N) is 1. The quantitative estimate of drug-likeness (QED) is 0.0474. The molecule has 0 aliphatic carbocycles. The number of imidazole rings is 1. The van der Waals surface area contributed by atoms with Crippen LogP contribution in [0.1, 0.15) is 0 Å². The average molecular weight is 886 g/mol. The van der Waals surface area contributed by atoms with Crippen LogP contribution in [0.15, 0.2) is 120 Å². The van der Waals surface area contributed by atoms with Gasteiger partial charge < -0.3 is 30.2 Å². The summed E-state index contributed by atoms with van der Waals surface area (Å²) in [6, 6.07) is 19.0. The Kier molecular flexibility index (Phi) is 14.8. The van der Waals surface area contributed by atoms with Gasteiger partial charge in [-0.1, -0.05) is 47.9 Å². The van der Waals surface area contributed by atoms with Crippen molar-refractivity contribution < 1.29 is 143 Å². The predicted octanol–water partition coefficient (Wildman–Crippen LogP) is -3.49. The number of hydrogen-bond donors (Lipinski definition) is 4. The number of ether oxygens (including phenoxy) is 1. The van der Waals surface area contributed by atoms with E-state index >= 15 is 0 Å². The molecule has 1 aromatic heterocycles. The summed E-state index contributed by atoms with van der Waals surface area (Å²) in [5.41, 5.74) is 5.25. The van der Waals surface area contributed by atoms with Gasteiger partial charge >= 0.3 is 88.7 Å². The number of nitrogens with one attached hydrogen (secondary N) is 1. The predicted molar refractivity (Wildman–Crippen MR) is 195 cm³/mol. The number of hydrogen-bond acceptors (Lipinski definition) is 16. The Hall–Kier alpha value is -3.56. The molecule has 7 aromatic rings. The van der Waals surface area contributed by atoms with E-state index in [1.165, 1.54) is 37.4 Å². The van der Waals surface area contributed by atoms with Crippen molar-refractivity contribution in [3.05, 3.63) is 84.9 Å². The summed E-state index contributed by atoms with van der Waals surface area (Å²) in [7, 11) is -14.1. The van der Waals surface area contributed by atoms with Crippen LogP contribution in [0.3, 0.4) is 0 Å². The number of nitrogens with zero attached hydrogens (tertiary/aromatic N) is 5. The molecule has 0 radical (unpaired) electrons. The molecule has 0 spiro atoms. The third-order valence-corrected chi connectivity index (χ3v) is 11.1. The van der Waals surface area contributed by atoms with Crippen LogP contribution in [0.4, 0.5) is 28.4 Å². The Bertz CT molecular complexity index is 3220. The van der Waals surface area contributed by atoms with Crippen molar-refractivity contribution in [2.45, 2.75) is 14.7 Å². The number of nitrogen functional groups attached to an aromatic ring is 1. The van der Waals surface area contributed by atoms with Crippen molar-refractivity contribution in [2.75, 3.05) is 12.8 Å². The van der Waals surface area contributed by atoms with E-state index in [1.807, 2.05) is 0 Å². The van der Waals surface area contributed by atoms with E-state index in [1.54, 1.807) is 30.3 Å². The van der Waals surface area contributed by atoms with Gasteiger partial charge in [-0.2, -0.15) is 27.1 Å². The number of anilines is 1. The van der Waals surface area contributed by atoms with E-state index in [0.717, 1.165) is 18.2 Å². The van der Waals surface area contributed by atoms with Crippen LogP contribution in [0.2, 0.25) is 0 Å². The maximum atomic E-state index is 13.6. The average Bonchev–Trinajstić information content (AvgIpc) is 3.58. The largest absolute Gasteiger partial charge is 1.00 e. The molecular weight excluding hydrogens is 864 g/mol. The number of fused-ring (bicyclic) bond motifs is 4. The van der Waals surface area contributed by atoms with Gasteiger partial charge in [0.25, 0.3) is 20.2 Å². The molecule has 0 aliphatic rings. The molecule has 5 N–H and O–H groups in total. The molecule has 25 heteroatoms. The van der Waals surface area contributed by atoms with Gasteiger partial charge in [0.2, 0.25) is 0 Å². The van der Waals surface area contributed by atoms with Crippen molar-refractivity contribution in [3.8, 4) is 28.6 Å². The molecule has 6 aromatic carbocycles. The second-order valence-corrected chi connectivity index (χ2v) is 16.0. The number of benzene rings is 6. The first-order chi connectivity index (χ1) is 26.4. The van der Waals surface area contributed by atoms with Crippen molar-refractivity contribution >= 4 is 91.4 Å². The normalized spacial score (nSPS) is 12.1. The fraction of sp³-hybridized carbons (Fsp3) is 0.0294. The Balaban J connectivity index is 0.00000256. The van der Waals surface area contributed by atoms with Crippen LogP contribution in [-0.2, 0) is 30.4 Å². The van der Waals surface area contributed by atoms with Crippen LogP contribution < -0.4 is 109 Å². The summed E-state index contributed by atoms with van der Waals surface area (Å²) in [6.45, 7) is 0. The molecule has 7 rings (SSSR count). The second kappa shape index (κ2) is 18.2. The summed E-state index contributed by atoms with van der Waals surface area (Å²) < 4.78 is 109. The first-order valence-electron chi connectivity index (χ1n) is 15.6. The monoisotopic (exact) mass is 885 g/mol. The van der Waals surface area contributed by atoms with E-state index in [-0.39, 0.29) is 122 Å². The maximum absolute atomic E-state index is 13.6. The molecule has 59 heavy (non-hydrogen) atoms. The Morgan fingerprint density at radius 2 is 1.36 bits per heavy atom. The summed E-state index contributed by atoms with van der Waals surface area (Å²) in [6.07, 6.45) is 0. The Morgan fingerprint density at radius 3 is 2.02 bits per heavy atom. The van der Waals surface area contributed by atoms with Gasteiger partial charge in [-0.05, 0) is 53.9 Å². The molecule has 1 heterocycles. The van der Waals surface area contributed by atoms with Crippen molar-refractivity contribution in [1.29, 1.82) is 0 Å². The molecule has 0 unspecified atom stereocenters. The summed E-state index contributed by atoms with van der Waals surface area (Å²) in [5, 5.41) is 41.8. The number of rotatable bonds is 9. The molecule has 19 nitrogen and oxygen atoms in total. The van der Waals surface area contributed by atoms with Gasteiger partial charge in [0.05, 0.1) is 45.8 Å². The third-order valence-electron chi connectivity index (χ3n) is 8.43. The summed E-state index contributed by atoms with van der Waals surface area (Å²) in [4.78, 5) is 4.53. The van der Waals surface area contributed by atoms with E-state index in [4.69, 9.17) is 10.5 Å². The fourth-order valence-corrected chi connectivity index (χ4v) is 7.97. The van der Waals surface area contributed by atoms with E-state index in [0.29, 0.717) is 22.9 Å². The molecule has 0 bridgehead atoms. The van der Waals surface area contributed by atoms with Crippen LogP contribution in [0.25, 0.3) is 44.0 Å². The zero-order valence-electron chi connectivity index (χ0n) is 31.1. The smallest absolute Gasteiger partial charge is 0.871 e. The topological polar surface area (TPSA) is 325 Å². The third kappa shape index (κ3) is 9.51. The van der Waals surface area contributed by atoms with Gasteiger partial charge in [-0.15, -0.1) is 10.2 Å². The molecule has 0 aliphatic heterocycles. The van der Waals surface area contributed by atoms with Gasteiger partial charge in [0.15, 0.2) is 0 Å². The van der Waals surface area contributed by atoms with Crippen LogP contribution >= 0.6 is 0 Å². The summed E-state index contributed by atoms with van der Waals surface area (Å²) in [5.74, 6) is -1.42. The van der Waals surface area contributed by atoms with Crippen LogP contribution in [0.5, 0.6) is 17.2 Å². The zero-order chi connectivity index (χ0) is 40.3. The second-order valence-electron chi connectivity index (χ2n) is 11.8. The van der Waals surface area contributed by atoms with Crippen LogP contribution in [0, 0.1) is 0 Å². The number of H-pyrrole nitrogens is 1. The molecule has 286 valence electrons. The molecular formula is C34H22N7Na3O12S3. The SMILES string of the molecule is COc1ccccc1N=Nc1c(S(=O)(=O)O)cc2c(ccc3nc(-c4cccc(N=Nc5ccc6c(S(=O)(=O)[O-])cc(S(=O)(=O)O)c(N)c6c5[O-])c4)[nH]c32)c1[O-].[Na+].[Na+].[Na+]. The van der Waals surface area contributed by atoms with Crippen molar-refractivity contribution in [1.82, 2.24) is 9.97 Å². The van der Waals surface area contributed by atoms with Gasteiger partial charge in [0, 0.05) is 21.7 Å². The number of para-hydroxylation sites is 1. The first kappa shape index (κ1) is 48.1. The Labute approximate surface area is 401 Å². The van der Waals surface area contributed by atoms with Crippen molar-refractivity contribution in [3.63, 3.8) is 0 Å². The maximum Gasteiger partial charge on any atom is 1.00 e. The standard InChI is InChI=1S/C34H25N7O12S3.3Na/c1-53-24-8-3-2-7-21(24)39-41-31-27(56(50,51)52)14-20-18(32(31)42)9-11-22-30(20)37-34(36-22)16-5-4-6-17(13-16)38-40-23-12-10-19-25(54(44,45)46)15-26(55(47,48)49)29(35)28(19)33(23)43;;;/h2-15,42-43H,35H2,1H3,(H,36,37)(H,44,45,46)(H,47,48,49)(H,50,51,52);;;/q;3*+1/p-3. The number of aromatic amines is 1. The minimum Gasteiger partial charge on any atom is -0.871 e. The zero-order valence-corrected chi connectivity index (χ0v) is 39.5. The number of methoxy groups -OCH3 is 1.